The summed E-state index contributed by atoms with van der Waals surface area (Å²) in [4.78, 5) is 4.28. The summed E-state index contributed by atoms with van der Waals surface area (Å²) in [5.41, 5.74) is 6.89. The van der Waals surface area contributed by atoms with E-state index >= 15 is 0 Å². The van der Waals surface area contributed by atoms with Crippen LogP contribution in [0, 0.1) is 0 Å². The lowest BCUT2D eigenvalue weighted by Gasteiger charge is -1.96. The molecule has 0 aliphatic heterocycles. The molecule has 2 N–H and O–H groups in total. The Balaban J connectivity index is 2.20. The van der Waals surface area contributed by atoms with Crippen molar-refractivity contribution in [2.24, 2.45) is 5.73 Å². The molecule has 0 radical (unpaired) electrons. The first-order valence-electron chi connectivity index (χ1n) is 4.63. The number of ether oxygens (including phenoxy) is 1. The second-order valence-corrected chi connectivity index (χ2v) is 3.89. The van der Waals surface area contributed by atoms with Gasteiger partial charge in [0.2, 0.25) is 5.89 Å². The van der Waals surface area contributed by atoms with Crippen LogP contribution in [-0.4, -0.2) is 18.1 Å². The molecule has 4 nitrogen and oxygen atoms in total. The van der Waals surface area contributed by atoms with Gasteiger partial charge in [-0.3, -0.25) is 0 Å². The Bertz CT molecular complexity index is 456. The van der Waals surface area contributed by atoms with Gasteiger partial charge in [0, 0.05) is 6.54 Å². The highest BCUT2D eigenvalue weighted by atomic mass is 79.9. The molecule has 0 unspecified atom stereocenters. The molecule has 5 heteroatoms. The first-order valence-corrected chi connectivity index (χ1v) is 5.42. The van der Waals surface area contributed by atoms with Gasteiger partial charge in [0.05, 0.1) is 11.1 Å². The number of benzene rings is 1. The Labute approximate surface area is 95.5 Å². The third kappa shape index (κ3) is 2.37. The van der Waals surface area contributed by atoms with Gasteiger partial charge in [-0.2, -0.15) is 0 Å². The van der Waals surface area contributed by atoms with Crippen molar-refractivity contribution in [3.8, 4) is 0 Å². The average molecular weight is 271 g/mol. The van der Waals surface area contributed by atoms with E-state index in [2.05, 4.69) is 20.9 Å². The molecule has 2 rings (SSSR count). The van der Waals surface area contributed by atoms with Crippen molar-refractivity contribution in [3.05, 3.63) is 28.6 Å². The van der Waals surface area contributed by atoms with E-state index in [1.807, 2.05) is 18.2 Å². The summed E-state index contributed by atoms with van der Waals surface area (Å²) in [6.07, 6.45) is 0. The summed E-state index contributed by atoms with van der Waals surface area (Å²) in [5.74, 6) is 0.574. The van der Waals surface area contributed by atoms with E-state index in [9.17, 15) is 0 Å². The van der Waals surface area contributed by atoms with Crippen LogP contribution in [-0.2, 0) is 11.3 Å². The molecule has 0 aliphatic rings. The highest BCUT2D eigenvalue weighted by Crippen LogP contribution is 2.24. The van der Waals surface area contributed by atoms with Crippen molar-refractivity contribution < 1.29 is 9.15 Å². The first kappa shape index (κ1) is 10.6. The Kier molecular flexibility index (Phi) is 3.35. The molecule has 0 saturated carbocycles. The van der Waals surface area contributed by atoms with E-state index in [0.29, 0.717) is 25.6 Å². The fraction of sp³-hybridized carbons (Fsp3) is 0.300. The fourth-order valence-corrected chi connectivity index (χ4v) is 1.70. The molecule has 15 heavy (non-hydrogen) atoms. The van der Waals surface area contributed by atoms with Gasteiger partial charge in [0.15, 0.2) is 5.58 Å². The van der Waals surface area contributed by atoms with Crippen molar-refractivity contribution in [2.75, 3.05) is 13.2 Å². The first-order chi connectivity index (χ1) is 7.31. The van der Waals surface area contributed by atoms with Crippen molar-refractivity contribution in [1.29, 1.82) is 0 Å². The summed E-state index contributed by atoms with van der Waals surface area (Å²) in [6.45, 7) is 1.38. The van der Waals surface area contributed by atoms with Crippen LogP contribution in [0.4, 0.5) is 0 Å². The van der Waals surface area contributed by atoms with Crippen LogP contribution in [0.5, 0.6) is 0 Å². The van der Waals surface area contributed by atoms with E-state index < -0.39 is 0 Å². The smallest absolute Gasteiger partial charge is 0.221 e. The number of para-hydroxylation sites is 1. The van der Waals surface area contributed by atoms with Crippen LogP contribution in [0.15, 0.2) is 27.1 Å². The number of hydrogen-bond acceptors (Lipinski definition) is 4. The van der Waals surface area contributed by atoms with Gasteiger partial charge < -0.3 is 14.9 Å². The van der Waals surface area contributed by atoms with Crippen LogP contribution in [0.3, 0.4) is 0 Å². The summed E-state index contributed by atoms with van der Waals surface area (Å²) in [5, 5.41) is 0. The van der Waals surface area contributed by atoms with E-state index in [4.69, 9.17) is 14.9 Å². The van der Waals surface area contributed by atoms with Gasteiger partial charge in [-0.1, -0.05) is 6.07 Å². The number of halogens is 1. The fourth-order valence-electron chi connectivity index (χ4n) is 1.27. The Morgan fingerprint density at radius 2 is 2.33 bits per heavy atom. The van der Waals surface area contributed by atoms with E-state index in [1.54, 1.807) is 0 Å². The normalized spacial score (nSPS) is 11.1. The largest absolute Gasteiger partial charge is 0.437 e. The molecular formula is C10H11BrN2O2. The molecule has 80 valence electrons. The Hall–Kier alpha value is -0.910. The maximum absolute atomic E-state index is 5.52. The van der Waals surface area contributed by atoms with Gasteiger partial charge in [0.25, 0.3) is 0 Å². The SMILES string of the molecule is NCCOCc1nc2cccc(Br)c2o1. The molecule has 0 spiro atoms. The minimum atomic E-state index is 0.359. The van der Waals surface area contributed by atoms with Crippen molar-refractivity contribution in [2.45, 2.75) is 6.61 Å². The monoisotopic (exact) mass is 270 g/mol. The number of rotatable bonds is 4. The lowest BCUT2D eigenvalue weighted by atomic mass is 10.3. The molecule has 1 aromatic heterocycles. The molecule has 0 fully saturated rings. The molecule has 0 aliphatic carbocycles. The molecule has 0 atom stereocenters. The maximum atomic E-state index is 5.52. The van der Waals surface area contributed by atoms with Crippen LogP contribution in [0.1, 0.15) is 5.89 Å². The minimum absolute atomic E-state index is 0.359. The Morgan fingerprint density at radius 1 is 1.47 bits per heavy atom. The third-order valence-corrected chi connectivity index (χ3v) is 2.52. The summed E-state index contributed by atoms with van der Waals surface area (Å²) in [7, 11) is 0. The summed E-state index contributed by atoms with van der Waals surface area (Å²) < 4.78 is 11.7. The number of aromatic nitrogens is 1. The number of hydrogen-bond donors (Lipinski definition) is 1. The predicted molar refractivity (Wildman–Crippen MR) is 60.4 cm³/mol. The van der Waals surface area contributed by atoms with Crippen LogP contribution in [0.2, 0.25) is 0 Å². The third-order valence-electron chi connectivity index (χ3n) is 1.90. The van der Waals surface area contributed by atoms with Gasteiger partial charge in [-0.25, -0.2) is 4.98 Å². The van der Waals surface area contributed by atoms with Crippen molar-refractivity contribution in [1.82, 2.24) is 4.98 Å². The zero-order chi connectivity index (χ0) is 10.7. The van der Waals surface area contributed by atoms with E-state index in [0.717, 1.165) is 15.6 Å². The maximum Gasteiger partial charge on any atom is 0.221 e. The zero-order valence-electron chi connectivity index (χ0n) is 8.07. The number of oxazole rings is 1. The van der Waals surface area contributed by atoms with Gasteiger partial charge in [-0.15, -0.1) is 0 Å². The predicted octanol–water partition coefficient (Wildman–Crippen LogP) is 2.07. The molecule has 0 amide bonds. The quantitative estimate of drug-likeness (QED) is 0.865. The molecule has 1 aromatic carbocycles. The summed E-state index contributed by atoms with van der Waals surface area (Å²) in [6, 6.07) is 5.73. The highest BCUT2D eigenvalue weighted by Gasteiger charge is 2.07. The second kappa shape index (κ2) is 4.74. The standard InChI is InChI=1S/C10H11BrN2O2/c11-7-2-1-3-8-10(7)15-9(13-8)6-14-5-4-12/h1-3H,4-6,12H2. The van der Waals surface area contributed by atoms with Crippen LogP contribution < -0.4 is 5.73 Å². The van der Waals surface area contributed by atoms with E-state index in [1.165, 1.54) is 0 Å². The second-order valence-electron chi connectivity index (χ2n) is 3.04. The molecule has 2 aromatic rings. The number of fused-ring (bicyclic) bond motifs is 1. The van der Waals surface area contributed by atoms with Crippen LogP contribution in [0.25, 0.3) is 11.1 Å². The molecule has 1 heterocycles. The van der Waals surface area contributed by atoms with Crippen molar-refractivity contribution in [3.63, 3.8) is 0 Å². The summed E-state index contributed by atoms with van der Waals surface area (Å²) >= 11 is 3.40. The van der Waals surface area contributed by atoms with Gasteiger partial charge in [0.1, 0.15) is 12.1 Å². The Morgan fingerprint density at radius 3 is 3.07 bits per heavy atom. The molecule has 0 bridgehead atoms. The van der Waals surface area contributed by atoms with Crippen molar-refractivity contribution >= 4 is 27.0 Å². The van der Waals surface area contributed by atoms with Gasteiger partial charge >= 0.3 is 0 Å². The zero-order valence-corrected chi connectivity index (χ0v) is 9.66. The molecular weight excluding hydrogens is 260 g/mol. The highest BCUT2D eigenvalue weighted by molar-refractivity contribution is 9.10. The number of nitrogens with zero attached hydrogens (tertiary/aromatic N) is 1. The average Bonchev–Trinajstić information content (AvgIpc) is 2.63. The van der Waals surface area contributed by atoms with Crippen LogP contribution >= 0.6 is 15.9 Å². The van der Waals surface area contributed by atoms with E-state index in [-0.39, 0.29) is 0 Å². The lowest BCUT2D eigenvalue weighted by Crippen LogP contribution is -2.08. The van der Waals surface area contributed by atoms with Gasteiger partial charge in [-0.05, 0) is 28.1 Å². The number of nitrogens with two attached hydrogens (primary N) is 1. The minimum Gasteiger partial charge on any atom is -0.437 e. The lowest BCUT2D eigenvalue weighted by molar-refractivity contribution is 0.110. The molecule has 0 saturated heterocycles. The topological polar surface area (TPSA) is 61.3 Å².